The van der Waals surface area contributed by atoms with E-state index in [4.69, 9.17) is 9.47 Å². The molecule has 0 aromatic heterocycles. The van der Waals surface area contributed by atoms with E-state index in [1.165, 1.54) is 16.7 Å². The number of rotatable bonds is 7. The van der Waals surface area contributed by atoms with Gasteiger partial charge in [-0.25, -0.2) is 0 Å². The number of ether oxygens (including phenoxy) is 2. The van der Waals surface area contributed by atoms with E-state index >= 15 is 0 Å². The molecule has 3 rings (SSSR count). The van der Waals surface area contributed by atoms with Gasteiger partial charge in [-0.3, -0.25) is 4.99 Å². The number of nitrogens with one attached hydrogen (secondary N) is 2. The molecule has 1 aliphatic carbocycles. The lowest BCUT2D eigenvalue weighted by Crippen LogP contribution is -2.39. The molecule has 0 saturated heterocycles. The second-order valence-electron chi connectivity index (χ2n) is 6.89. The molecule has 1 saturated carbocycles. The Morgan fingerprint density at radius 3 is 2.59 bits per heavy atom. The highest BCUT2D eigenvalue weighted by Gasteiger charge is 2.39. The SMILES string of the molecule is CN=C(NCCc1ccc(OC)c(OC)c1)NC1CC1c1ccccc1C. The van der Waals surface area contributed by atoms with Gasteiger partial charge in [0.05, 0.1) is 14.2 Å². The molecule has 5 nitrogen and oxygen atoms in total. The van der Waals surface area contributed by atoms with Gasteiger partial charge in [0, 0.05) is 25.6 Å². The van der Waals surface area contributed by atoms with Crippen molar-refractivity contribution < 1.29 is 9.47 Å². The molecule has 2 aromatic rings. The molecule has 2 N–H and O–H groups in total. The van der Waals surface area contributed by atoms with E-state index in [-0.39, 0.29) is 0 Å². The van der Waals surface area contributed by atoms with Crippen molar-refractivity contribution in [1.82, 2.24) is 10.6 Å². The summed E-state index contributed by atoms with van der Waals surface area (Å²) in [5.41, 5.74) is 4.00. The standard InChI is InChI=1S/C22H29N3O2/c1-15-7-5-6-8-17(15)18-14-19(18)25-22(23-2)24-12-11-16-9-10-20(26-3)21(13-16)27-4/h5-10,13,18-19H,11-12,14H2,1-4H3,(H2,23,24,25). The number of aliphatic imine (C=N–C) groups is 1. The van der Waals surface area contributed by atoms with Crippen LogP contribution >= 0.6 is 0 Å². The summed E-state index contributed by atoms with van der Waals surface area (Å²) in [7, 11) is 5.12. The minimum Gasteiger partial charge on any atom is -0.493 e. The fraction of sp³-hybridized carbons (Fsp3) is 0.409. The van der Waals surface area contributed by atoms with Crippen LogP contribution in [-0.2, 0) is 6.42 Å². The molecule has 144 valence electrons. The third-order valence-electron chi connectivity index (χ3n) is 5.08. The fourth-order valence-corrected chi connectivity index (χ4v) is 3.43. The van der Waals surface area contributed by atoms with Crippen molar-refractivity contribution in [3.05, 3.63) is 59.2 Å². The highest BCUT2D eigenvalue weighted by Crippen LogP contribution is 2.42. The number of hydrogen-bond acceptors (Lipinski definition) is 3. The van der Waals surface area contributed by atoms with Crippen molar-refractivity contribution in [2.75, 3.05) is 27.8 Å². The van der Waals surface area contributed by atoms with Crippen molar-refractivity contribution in [3.8, 4) is 11.5 Å². The monoisotopic (exact) mass is 367 g/mol. The number of aryl methyl sites for hydroxylation is 1. The van der Waals surface area contributed by atoms with Gasteiger partial charge in [0.2, 0.25) is 0 Å². The topological polar surface area (TPSA) is 54.9 Å². The number of hydrogen-bond donors (Lipinski definition) is 2. The van der Waals surface area contributed by atoms with E-state index in [9.17, 15) is 0 Å². The Hall–Kier alpha value is -2.69. The second-order valence-corrected chi connectivity index (χ2v) is 6.89. The van der Waals surface area contributed by atoms with Gasteiger partial charge < -0.3 is 20.1 Å². The Kier molecular flexibility index (Phi) is 6.22. The third kappa shape index (κ3) is 4.73. The predicted molar refractivity (Wildman–Crippen MR) is 110 cm³/mol. The van der Waals surface area contributed by atoms with E-state index in [1.807, 2.05) is 19.2 Å². The molecule has 0 heterocycles. The molecule has 1 aliphatic rings. The molecule has 5 heteroatoms. The van der Waals surface area contributed by atoms with Crippen LogP contribution in [0.2, 0.25) is 0 Å². The molecular formula is C22H29N3O2. The zero-order chi connectivity index (χ0) is 19.2. The number of benzene rings is 2. The number of nitrogens with zero attached hydrogens (tertiary/aromatic N) is 1. The van der Waals surface area contributed by atoms with Crippen molar-refractivity contribution >= 4 is 5.96 Å². The highest BCUT2D eigenvalue weighted by molar-refractivity contribution is 5.80. The molecule has 0 spiro atoms. The molecular weight excluding hydrogens is 338 g/mol. The number of guanidine groups is 1. The van der Waals surface area contributed by atoms with Crippen LogP contribution in [0.3, 0.4) is 0 Å². The molecule has 2 unspecified atom stereocenters. The van der Waals surface area contributed by atoms with Gasteiger partial charge in [-0.1, -0.05) is 30.3 Å². The molecule has 2 aromatic carbocycles. The average Bonchev–Trinajstić information content (AvgIpc) is 3.46. The van der Waals surface area contributed by atoms with Gasteiger partial charge >= 0.3 is 0 Å². The van der Waals surface area contributed by atoms with Crippen molar-refractivity contribution in [2.24, 2.45) is 4.99 Å². The van der Waals surface area contributed by atoms with Crippen LogP contribution in [0.25, 0.3) is 0 Å². The zero-order valence-electron chi connectivity index (χ0n) is 16.6. The van der Waals surface area contributed by atoms with Crippen LogP contribution in [0.15, 0.2) is 47.5 Å². The van der Waals surface area contributed by atoms with Crippen LogP contribution in [0.5, 0.6) is 11.5 Å². The summed E-state index contributed by atoms with van der Waals surface area (Å²) in [5, 5.41) is 6.95. The van der Waals surface area contributed by atoms with Crippen LogP contribution in [0, 0.1) is 6.92 Å². The summed E-state index contributed by atoms with van der Waals surface area (Å²) in [5.74, 6) is 2.95. The van der Waals surface area contributed by atoms with E-state index in [0.29, 0.717) is 12.0 Å². The van der Waals surface area contributed by atoms with E-state index in [2.05, 4.69) is 52.9 Å². The van der Waals surface area contributed by atoms with Gasteiger partial charge in [-0.15, -0.1) is 0 Å². The Morgan fingerprint density at radius 1 is 1.11 bits per heavy atom. The van der Waals surface area contributed by atoms with Crippen molar-refractivity contribution in [3.63, 3.8) is 0 Å². The molecule has 0 aliphatic heterocycles. The highest BCUT2D eigenvalue weighted by atomic mass is 16.5. The maximum absolute atomic E-state index is 5.37. The maximum Gasteiger partial charge on any atom is 0.191 e. The number of methoxy groups -OCH3 is 2. The molecule has 1 fully saturated rings. The zero-order valence-corrected chi connectivity index (χ0v) is 16.6. The lowest BCUT2D eigenvalue weighted by atomic mass is 10.0. The van der Waals surface area contributed by atoms with Crippen molar-refractivity contribution in [1.29, 1.82) is 0 Å². The molecule has 0 bridgehead atoms. The average molecular weight is 367 g/mol. The van der Waals surface area contributed by atoms with Gasteiger partial charge in [-0.05, 0) is 48.6 Å². The Labute approximate surface area is 161 Å². The first-order chi connectivity index (χ1) is 13.2. The fourth-order valence-electron chi connectivity index (χ4n) is 3.43. The molecule has 0 radical (unpaired) electrons. The Bertz CT molecular complexity index is 804. The van der Waals surface area contributed by atoms with Gasteiger partial charge in [0.25, 0.3) is 0 Å². The molecule has 2 atom stereocenters. The molecule has 27 heavy (non-hydrogen) atoms. The molecule has 0 amide bonds. The minimum atomic E-state index is 0.457. The van der Waals surface area contributed by atoms with E-state index in [0.717, 1.165) is 36.8 Å². The lowest BCUT2D eigenvalue weighted by Gasteiger charge is -2.13. The summed E-state index contributed by atoms with van der Waals surface area (Å²) < 4.78 is 10.7. The van der Waals surface area contributed by atoms with Crippen LogP contribution in [-0.4, -0.2) is 39.8 Å². The first kappa shape index (κ1) is 19.1. The summed E-state index contributed by atoms with van der Waals surface area (Å²) in [6, 6.07) is 15.1. The van der Waals surface area contributed by atoms with Crippen LogP contribution in [0.4, 0.5) is 0 Å². The summed E-state index contributed by atoms with van der Waals surface area (Å²) in [6.45, 7) is 2.98. The van der Waals surface area contributed by atoms with E-state index < -0.39 is 0 Å². The minimum absolute atomic E-state index is 0.457. The summed E-state index contributed by atoms with van der Waals surface area (Å²) >= 11 is 0. The largest absolute Gasteiger partial charge is 0.493 e. The van der Waals surface area contributed by atoms with E-state index in [1.54, 1.807) is 14.2 Å². The van der Waals surface area contributed by atoms with Crippen molar-refractivity contribution in [2.45, 2.75) is 31.7 Å². The van der Waals surface area contributed by atoms with Gasteiger partial charge in [-0.2, -0.15) is 0 Å². The first-order valence-corrected chi connectivity index (χ1v) is 9.40. The third-order valence-corrected chi connectivity index (χ3v) is 5.08. The summed E-state index contributed by atoms with van der Waals surface area (Å²) in [6.07, 6.45) is 2.04. The Morgan fingerprint density at radius 2 is 1.89 bits per heavy atom. The van der Waals surface area contributed by atoms with Crippen LogP contribution < -0.4 is 20.1 Å². The lowest BCUT2D eigenvalue weighted by molar-refractivity contribution is 0.354. The first-order valence-electron chi connectivity index (χ1n) is 9.40. The normalized spacial score (nSPS) is 18.7. The smallest absolute Gasteiger partial charge is 0.191 e. The second kappa shape index (κ2) is 8.80. The predicted octanol–water partition coefficient (Wildman–Crippen LogP) is 3.28. The quantitative estimate of drug-likeness (QED) is 0.583. The van der Waals surface area contributed by atoms with Gasteiger partial charge in [0.15, 0.2) is 17.5 Å². The summed E-state index contributed by atoms with van der Waals surface area (Å²) in [4.78, 5) is 4.36. The van der Waals surface area contributed by atoms with Gasteiger partial charge in [0.1, 0.15) is 0 Å². The maximum atomic E-state index is 5.37. The Balaban J connectivity index is 1.49. The van der Waals surface area contributed by atoms with Crippen LogP contribution in [0.1, 0.15) is 29.0 Å².